The third-order valence-electron chi connectivity index (χ3n) is 8.77. The Morgan fingerprint density at radius 3 is 2.40 bits per heavy atom. The highest BCUT2D eigenvalue weighted by Crippen LogP contribution is 2.69. The van der Waals surface area contributed by atoms with E-state index in [-0.39, 0.29) is 47.7 Å². The van der Waals surface area contributed by atoms with E-state index in [2.05, 4.69) is 6.92 Å². The van der Waals surface area contributed by atoms with Gasteiger partial charge in [-0.1, -0.05) is 13.8 Å². The zero-order valence-corrected chi connectivity index (χ0v) is 15.1. The molecule has 8 atom stereocenters. The van der Waals surface area contributed by atoms with Crippen molar-refractivity contribution in [3.05, 3.63) is 11.7 Å². The number of hydrogen-bond acceptors (Lipinski definition) is 2. The van der Waals surface area contributed by atoms with Crippen LogP contribution in [0, 0.1) is 28.6 Å². The Balaban J connectivity index is 1.80. The molecule has 2 nitrogen and oxygen atoms in total. The summed E-state index contributed by atoms with van der Waals surface area (Å²) in [4.78, 5) is 0. The molecule has 0 spiro atoms. The van der Waals surface area contributed by atoms with Gasteiger partial charge in [-0.3, -0.25) is 0 Å². The van der Waals surface area contributed by atoms with Crippen LogP contribution in [0.15, 0.2) is 11.7 Å². The molecule has 0 bridgehead atoms. The van der Waals surface area contributed by atoms with Gasteiger partial charge in [0.2, 0.25) is 0 Å². The molecule has 4 aliphatic carbocycles. The predicted molar refractivity (Wildman–Crippen MR) is 88.7 cm³/mol. The highest BCUT2D eigenvalue weighted by Gasteiger charge is 2.67. The fourth-order valence-corrected chi connectivity index (χ4v) is 7.23. The molecule has 0 aliphatic heterocycles. The zero-order chi connectivity index (χ0) is 18.2. The number of aliphatic hydroxyl groups is 2. The fraction of sp³-hybridized carbons (Fsp3) is 0.900. The lowest BCUT2D eigenvalue weighted by Crippen LogP contribution is -2.62. The topological polar surface area (TPSA) is 40.5 Å². The summed E-state index contributed by atoms with van der Waals surface area (Å²) in [5.41, 5.74) is -3.53. The average molecular weight is 358 g/mol. The maximum atomic E-state index is 16.1. The monoisotopic (exact) mass is 358 g/mol. The molecule has 0 aromatic carbocycles. The summed E-state index contributed by atoms with van der Waals surface area (Å²) >= 11 is 0. The first-order valence-electron chi connectivity index (χ1n) is 9.73. The van der Waals surface area contributed by atoms with Crippen molar-refractivity contribution in [1.29, 1.82) is 0 Å². The van der Waals surface area contributed by atoms with E-state index in [1.807, 2.05) is 6.92 Å². The molecule has 4 rings (SSSR count). The Labute approximate surface area is 147 Å². The maximum Gasteiger partial charge on any atom is 0.272 e. The van der Waals surface area contributed by atoms with Crippen LogP contribution in [0.4, 0.5) is 13.2 Å². The number of rotatable bonds is 0. The Morgan fingerprint density at radius 2 is 1.72 bits per heavy atom. The molecule has 0 amide bonds. The predicted octanol–water partition coefficient (Wildman–Crippen LogP) is 4.60. The first-order chi connectivity index (χ1) is 11.6. The van der Waals surface area contributed by atoms with E-state index in [0.717, 1.165) is 25.7 Å². The summed E-state index contributed by atoms with van der Waals surface area (Å²) in [6, 6.07) is 0. The van der Waals surface area contributed by atoms with Crippen LogP contribution in [-0.4, -0.2) is 28.1 Å². The Kier molecular flexibility index (Phi) is 3.91. The van der Waals surface area contributed by atoms with Gasteiger partial charge in [0.15, 0.2) is 0 Å². The van der Waals surface area contributed by atoms with Crippen LogP contribution in [0.1, 0.15) is 65.2 Å². The minimum atomic E-state index is -2.10. The molecule has 2 unspecified atom stereocenters. The van der Waals surface area contributed by atoms with Gasteiger partial charge in [-0.25, -0.2) is 4.39 Å². The molecule has 4 saturated carbocycles. The molecular weight excluding hydrogens is 329 g/mol. The molecule has 2 N–H and O–H groups in total. The molecule has 4 aliphatic rings. The zero-order valence-electron chi connectivity index (χ0n) is 15.1. The molecule has 142 valence electrons. The van der Waals surface area contributed by atoms with Gasteiger partial charge in [0, 0.05) is 17.4 Å². The summed E-state index contributed by atoms with van der Waals surface area (Å²) in [7, 11) is 0. The number of fused-ring (bicyclic) bond motifs is 5. The van der Waals surface area contributed by atoms with Crippen molar-refractivity contribution in [1.82, 2.24) is 0 Å². The van der Waals surface area contributed by atoms with Gasteiger partial charge in [-0.05, 0) is 68.1 Å². The lowest BCUT2D eigenvalue weighted by Gasteiger charge is -2.63. The van der Waals surface area contributed by atoms with Crippen molar-refractivity contribution in [2.45, 2.75) is 83.1 Å². The third kappa shape index (κ3) is 2.17. The van der Waals surface area contributed by atoms with Gasteiger partial charge < -0.3 is 10.2 Å². The Morgan fingerprint density at radius 1 is 1.00 bits per heavy atom. The summed E-state index contributed by atoms with van der Waals surface area (Å²) in [5.74, 6) is 0.247. The highest BCUT2D eigenvalue weighted by molar-refractivity contribution is 5.31. The van der Waals surface area contributed by atoms with Gasteiger partial charge in [-0.2, -0.15) is 8.78 Å². The van der Waals surface area contributed by atoms with Crippen molar-refractivity contribution in [3.63, 3.8) is 0 Å². The van der Waals surface area contributed by atoms with Crippen LogP contribution in [0.2, 0.25) is 0 Å². The fourth-order valence-electron chi connectivity index (χ4n) is 7.23. The molecule has 0 saturated heterocycles. The van der Waals surface area contributed by atoms with E-state index < -0.39 is 23.3 Å². The quantitative estimate of drug-likeness (QED) is 0.664. The SMILES string of the molecule is C[C@]12CC[C@H]3[C@@H](CC(=C(F)F)[C@@]4(F)CC(O)CC[C@]34C)[C@@H]1CCC2O. The van der Waals surface area contributed by atoms with Crippen molar-refractivity contribution in [2.75, 3.05) is 0 Å². The second-order valence-corrected chi connectivity index (χ2v) is 9.57. The largest absolute Gasteiger partial charge is 0.393 e. The molecule has 0 heterocycles. The van der Waals surface area contributed by atoms with Crippen LogP contribution >= 0.6 is 0 Å². The number of hydrogen-bond donors (Lipinski definition) is 2. The third-order valence-corrected chi connectivity index (χ3v) is 8.77. The number of aliphatic hydroxyl groups excluding tert-OH is 2. The molecule has 0 radical (unpaired) electrons. The van der Waals surface area contributed by atoms with Crippen LogP contribution in [-0.2, 0) is 0 Å². The van der Waals surface area contributed by atoms with E-state index in [0.29, 0.717) is 12.8 Å². The van der Waals surface area contributed by atoms with Crippen molar-refractivity contribution < 1.29 is 23.4 Å². The van der Waals surface area contributed by atoms with Gasteiger partial charge in [0.1, 0.15) is 5.67 Å². The van der Waals surface area contributed by atoms with E-state index in [9.17, 15) is 19.0 Å². The van der Waals surface area contributed by atoms with E-state index in [1.165, 1.54) is 0 Å². The minimum Gasteiger partial charge on any atom is -0.393 e. The normalized spacial score (nSPS) is 55.3. The van der Waals surface area contributed by atoms with Crippen molar-refractivity contribution >= 4 is 0 Å². The van der Waals surface area contributed by atoms with Crippen molar-refractivity contribution in [2.24, 2.45) is 28.6 Å². The summed E-state index contributed by atoms with van der Waals surface area (Å²) < 4.78 is 43.7. The van der Waals surface area contributed by atoms with Crippen LogP contribution in [0.3, 0.4) is 0 Å². The molecule has 0 aromatic rings. The highest BCUT2D eigenvalue weighted by atomic mass is 19.3. The lowest BCUT2D eigenvalue weighted by atomic mass is 9.43. The number of halogens is 3. The lowest BCUT2D eigenvalue weighted by molar-refractivity contribution is -0.164. The molecule has 4 fully saturated rings. The van der Waals surface area contributed by atoms with Gasteiger partial charge in [-0.15, -0.1) is 0 Å². The molecule has 0 aromatic heterocycles. The molecule has 5 heteroatoms. The van der Waals surface area contributed by atoms with Crippen LogP contribution in [0.5, 0.6) is 0 Å². The smallest absolute Gasteiger partial charge is 0.272 e. The number of allylic oxidation sites excluding steroid dienone is 1. The van der Waals surface area contributed by atoms with E-state index in [1.54, 1.807) is 0 Å². The number of alkyl halides is 1. The van der Waals surface area contributed by atoms with Gasteiger partial charge in [0.25, 0.3) is 6.08 Å². The Bertz CT molecular complexity index is 604. The maximum absolute atomic E-state index is 16.1. The summed E-state index contributed by atoms with van der Waals surface area (Å²) in [5, 5.41) is 20.5. The summed E-state index contributed by atoms with van der Waals surface area (Å²) in [6.07, 6.45) is 0.890. The second kappa shape index (κ2) is 5.48. The first kappa shape index (κ1) is 17.8. The Hall–Kier alpha value is -0.550. The van der Waals surface area contributed by atoms with Gasteiger partial charge in [0.05, 0.1) is 12.2 Å². The minimum absolute atomic E-state index is 0.0107. The summed E-state index contributed by atoms with van der Waals surface area (Å²) in [6.45, 7) is 3.93. The first-order valence-corrected chi connectivity index (χ1v) is 9.73. The standard InChI is InChI=1S/C20H29F3O2/c1-18-7-6-14-12(13(18)3-4-16(18)25)9-15(17(21)22)20(23)10-11(24)5-8-19(14,20)2/h11-14,16,24-25H,3-10H2,1-2H3/t11?,12-,13-,14-,16?,18-,19+,20-/m0/s1. The molecule has 25 heavy (non-hydrogen) atoms. The van der Waals surface area contributed by atoms with E-state index in [4.69, 9.17) is 0 Å². The average Bonchev–Trinajstić information content (AvgIpc) is 2.83. The van der Waals surface area contributed by atoms with E-state index >= 15 is 4.39 Å². The second-order valence-electron chi connectivity index (χ2n) is 9.57. The molecular formula is C20H29F3O2. The van der Waals surface area contributed by atoms with Crippen LogP contribution in [0.25, 0.3) is 0 Å². The van der Waals surface area contributed by atoms with Crippen LogP contribution < -0.4 is 0 Å². The van der Waals surface area contributed by atoms with Crippen molar-refractivity contribution in [3.8, 4) is 0 Å². The van der Waals surface area contributed by atoms with Gasteiger partial charge >= 0.3 is 0 Å².